The van der Waals surface area contributed by atoms with E-state index in [1.165, 1.54) is 0 Å². The summed E-state index contributed by atoms with van der Waals surface area (Å²) in [5.41, 5.74) is 5.24. The molecule has 0 radical (unpaired) electrons. The second kappa shape index (κ2) is 6.74. The Kier molecular flexibility index (Phi) is 5.00. The molecule has 108 valence electrons. The Balaban J connectivity index is 1.75. The molecule has 0 unspecified atom stereocenters. The average Bonchev–Trinajstić information content (AvgIpc) is 2.88. The van der Waals surface area contributed by atoms with Crippen LogP contribution in [0.2, 0.25) is 0 Å². The highest BCUT2D eigenvalue weighted by molar-refractivity contribution is 9.10. The molecule has 2 N–H and O–H groups in total. The quantitative estimate of drug-likeness (QED) is 0.883. The molecule has 0 spiro atoms. The fraction of sp³-hybridized carbons (Fsp3) is 0.429. The minimum Gasteiger partial charge on any atom is -0.493 e. The maximum Gasteiger partial charge on any atom is 0.226 e. The first kappa shape index (κ1) is 14.8. The second-order valence-corrected chi connectivity index (χ2v) is 5.70. The van der Waals surface area contributed by atoms with Gasteiger partial charge in [-0.3, -0.25) is 9.59 Å². The lowest BCUT2D eigenvalue weighted by atomic mass is 10.1. The lowest BCUT2D eigenvalue weighted by molar-refractivity contribution is -0.131. The van der Waals surface area contributed by atoms with Crippen LogP contribution in [0.25, 0.3) is 0 Å². The average molecular weight is 341 g/mol. The first-order valence-electron chi connectivity index (χ1n) is 6.51. The predicted molar refractivity (Wildman–Crippen MR) is 78.1 cm³/mol. The number of primary amides is 1. The van der Waals surface area contributed by atoms with Gasteiger partial charge in [0.1, 0.15) is 5.75 Å². The van der Waals surface area contributed by atoms with Gasteiger partial charge in [0.15, 0.2) is 0 Å². The maximum absolute atomic E-state index is 12.0. The van der Waals surface area contributed by atoms with E-state index in [1.54, 1.807) is 4.90 Å². The van der Waals surface area contributed by atoms with Crippen molar-refractivity contribution < 1.29 is 14.3 Å². The lowest BCUT2D eigenvalue weighted by Gasteiger charge is -2.16. The fourth-order valence-electron chi connectivity index (χ4n) is 2.19. The zero-order chi connectivity index (χ0) is 14.5. The number of likely N-dealkylation sites (tertiary alicyclic amines) is 1. The van der Waals surface area contributed by atoms with E-state index >= 15 is 0 Å². The molecule has 5 nitrogen and oxygen atoms in total. The molecule has 1 aliphatic heterocycles. The SMILES string of the molecule is NC(=O)[C@H]1CCN(C(=O)CCOc2cccc(Br)c2)C1. The summed E-state index contributed by atoms with van der Waals surface area (Å²) >= 11 is 3.36. The standard InChI is InChI=1S/C14H17BrN2O3/c15-11-2-1-3-12(8-11)20-7-5-13(18)17-6-4-10(9-17)14(16)19/h1-3,8,10H,4-7,9H2,(H2,16,19)/t10-/m0/s1. The van der Waals surface area contributed by atoms with Crippen molar-refractivity contribution in [2.45, 2.75) is 12.8 Å². The number of benzene rings is 1. The molecule has 2 amide bonds. The van der Waals surface area contributed by atoms with Crippen LogP contribution in [0.4, 0.5) is 0 Å². The first-order chi connectivity index (χ1) is 9.56. The molecule has 1 saturated heterocycles. The highest BCUT2D eigenvalue weighted by atomic mass is 79.9. The number of hydrogen-bond donors (Lipinski definition) is 1. The van der Waals surface area contributed by atoms with E-state index in [2.05, 4.69) is 15.9 Å². The number of rotatable bonds is 5. The van der Waals surface area contributed by atoms with E-state index in [4.69, 9.17) is 10.5 Å². The Hall–Kier alpha value is -1.56. The number of carbonyl (C=O) groups excluding carboxylic acids is 2. The maximum atomic E-state index is 12.0. The van der Waals surface area contributed by atoms with Gasteiger partial charge in [0.05, 0.1) is 18.9 Å². The molecule has 6 heteroatoms. The highest BCUT2D eigenvalue weighted by Gasteiger charge is 2.29. The third-order valence-corrected chi connectivity index (χ3v) is 3.82. The molecule has 0 bridgehead atoms. The number of ether oxygens (including phenoxy) is 1. The zero-order valence-electron chi connectivity index (χ0n) is 11.0. The number of carbonyl (C=O) groups is 2. The smallest absolute Gasteiger partial charge is 0.226 e. The van der Waals surface area contributed by atoms with Gasteiger partial charge in [0, 0.05) is 17.6 Å². The summed E-state index contributed by atoms with van der Waals surface area (Å²) < 4.78 is 6.46. The van der Waals surface area contributed by atoms with Crippen LogP contribution in [0, 0.1) is 5.92 Å². The van der Waals surface area contributed by atoms with Crippen LogP contribution >= 0.6 is 15.9 Å². The van der Waals surface area contributed by atoms with Crippen LogP contribution in [0.15, 0.2) is 28.7 Å². The summed E-state index contributed by atoms with van der Waals surface area (Å²) in [5, 5.41) is 0. The van der Waals surface area contributed by atoms with Gasteiger partial charge in [-0.15, -0.1) is 0 Å². The van der Waals surface area contributed by atoms with Crippen molar-refractivity contribution in [3.05, 3.63) is 28.7 Å². The molecule has 2 rings (SSSR count). The predicted octanol–water partition coefficient (Wildman–Crippen LogP) is 1.55. The van der Waals surface area contributed by atoms with Crippen LogP contribution in [0.5, 0.6) is 5.75 Å². The van der Waals surface area contributed by atoms with Gasteiger partial charge in [-0.05, 0) is 24.6 Å². The molecular weight excluding hydrogens is 324 g/mol. The van der Waals surface area contributed by atoms with Gasteiger partial charge in [-0.2, -0.15) is 0 Å². The topological polar surface area (TPSA) is 72.6 Å². The van der Waals surface area contributed by atoms with Crippen LogP contribution in [-0.4, -0.2) is 36.4 Å². The number of halogens is 1. The van der Waals surface area contributed by atoms with Crippen LogP contribution in [0.1, 0.15) is 12.8 Å². The summed E-state index contributed by atoms with van der Waals surface area (Å²) in [6, 6.07) is 7.48. The van der Waals surface area contributed by atoms with E-state index in [0.717, 1.165) is 10.2 Å². The number of amides is 2. The molecule has 0 saturated carbocycles. The van der Waals surface area contributed by atoms with Crippen molar-refractivity contribution in [1.82, 2.24) is 4.90 Å². The fourth-order valence-corrected chi connectivity index (χ4v) is 2.57. The van der Waals surface area contributed by atoms with Crippen molar-refractivity contribution in [2.24, 2.45) is 11.7 Å². The summed E-state index contributed by atoms with van der Waals surface area (Å²) in [7, 11) is 0. The Morgan fingerprint density at radius 3 is 2.90 bits per heavy atom. The first-order valence-corrected chi connectivity index (χ1v) is 7.31. The van der Waals surface area contributed by atoms with Crippen molar-refractivity contribution in [1.29, 1.82) is 0 Å². The molecule has 20 heavy (non-hydrogen) atoms. The number of nitrogens with two attached hydrogens (primary N) is 1. The molecule has 1 aromatic carbocycles. The van der Waals surface area contributed by atoms with Crippen molar-refractivity contribution in [3.63, 3.8) is 0 Å². The molecule has 1 aromatic rings. The minimum absolute atomic E-state index is 0.00347. The number of hydrogen-bond acceptors (Lipinski definition) is 3. The van der Waals surface area contributed by atoms with Crippen LogP contribution in [0.3, 0.4) is 0 Å². The summed E-state index contributed by atoms with van der Waals surface area (Å²) in [6.45, 7) is 1.36. The van der Waals surface area contributed by atoms with E-state index in [9.17, 15) is 9.59 Å². The molecule has 1 atom stereocenters. The van der Waals surface area contributed by atoms with Gasteiger partial charge in [-0.25, -0.2) is 0 Å². The van der Waals surface area contributed by atoms with Gasteiger partial charge < -0.3 is 15.4 Å². The summed E-state index contributed by atoms with van der Waals surface area (Å²) in [5.74, 6) is 0.197. The second-order valence-electron chi connectivity index (χ2n) is 4.78. The molecule has 1 heterocycles. The minimum atomic E-state index is -0.328. The summed E-state index contributed by atoms with van der Waals surface area (Å²) in [4.78, 5) is 24.7. The van der Waals surface area contributed by atoms with E-state index in [0.29, 0.717) is 32.5 Å². The monoisotopic (exact) mass is 340 g/mol. The summed E-state index contributed by atoms with van der Waals surface area (Å²) in [6.07, 6.45) is 0.964. The molecule has 1 fully saturated rings. The van der Waals surface area contributed by atoms with Crippen molar-refractivity contribution >= 4 is 27.7 Å². The molecule has 0 aromatic heterocycles. The Morgan fingerprint density at radius 2 is 2.25 bits per heavy atom. The van der Waals surface area contributed by atoms with E-state index in [1.807, 2.05) is 24.3 Å². The Labute approximate surface area is 126 Å². The van der Waals surface area contributed by atoms with Crippen molar-refractivity contribution in [2.75, 3.05) is 19.7 Å². The third kappa shape index (κ3) is 3.96. The van der Waals surface area contributed by atoms with Gasteiger partial charge >= 0.3 is 0 Å². The van der Waals surface area contributed by atoms with E-state index < -0.39 is 0 Å². The largest absolute Gasteiger partial charge is 0.493 e. The Bertz CT molecular complexity index is 507. The lowest BCUT2D eigenvalue weighted by Crippen LogP contribution is -2.32. The molecule has 0 aliphatic carbocycles. The van der Waals surface area contributed by atoms with E-state index in [-0.39, 0.29) is 17.7 Å². The third-order valence-electron chi connectivity index (χ3n) is 3.32. The Morgan fingerprint density at radius 1 is 1.45 bits per heavy atom. The normalized spacial score (nSPS) is 18.1. The van der Waals surface area contributed by atoms with Gasteiger partial charge in [0.25, 0.3) is 0 Å². The number of nitrogens with zero attached hydrogens (tertiary/aromatic N) is 1. The van der Waals surface area contributed by atoms with Gasteiger partial charge in [-0.1, -0.05) is 22.0 Å². The van der Waals surface area contributed by atoms with Crippen LogP contribution < -0.4 is 10.5 Å². The molecular formula is C14H17BrN2O3. The zero-order valence-corrected chi connectivity index (χ0v) is 12.6. The van der Waals surface area contributed by atoms with Crippen molar-refractivity contribution in [3.8, 4) is 5.75 Å². The van der Waals surface area contributed by atoms with Crippen LogP contribution in [-0.2, 0) is 9.59 Å². The highest BCUT2D eigenvalue weighted by Crippen LogP contribution is 2.19. The molecule has 1 aliphatic rings. The van der Waals surface area contributed by atoms with Gasteiger partial charge in [0.2, 0.25) is 11.8 Å².